The van der Waals surface area contributed by atoms with E-state index in [4.69, 9.17) is 10.7 Å². The van der Waals surface area contributed by atoms with Gasteiger partial charge in [-0.1, -0.05) is 24.6 Å². The molecular weight excluding hydrogens is 298 g/mol. The number of nitrogens with zero attached hydrogens (tertiary/aromatic N) is 2. The molecule has 1 saturated carbocycles. The van der Waals surface area contributed by atoms with Crippen molar-refractivity contribution in [2.75, 3.05) is 0 Å². The molecule has 0 saturated heterocycles. The predicted molar refractivity (Wildman–Crippen MR) is 87.5 cm³/mol. The molecule has 22 heavy (non-hydrogen) atoms. The molecule has 3 N–H and O–H groups in total. The Morgan fingerprint density at radius 3 is 3.00 bits per heavy atom. The molecule has 6 heteroatoms. The highest BCUT2D eigenvalue weighted by atomic mass is 32.2. The average molecular weight is 315 g/mol. The van der Waals surface area contributed by atoms with Crippen molar-refractivity contribution in [3.8, 4) is 5.75 Å². The van der Waals surface area contributed by atoms with E-state index in [0.717, 1.165) is 29.3 Å². The van der Waals surface area contributed by atoms with E-state index in [2.05, 4.69) is 10.3 Å². The zero-order valence-electron chi connectivity index (χ0n) is 12.0. The molecule has 114 valence electrons. The van der Waals surface area contributed by atoms with E-state index in [1.165, 1.54) is 18.9 Å². The summed E-state index contributed by atoms with van der Waals surface area (Å²) >= 11 is 1.64. The maximum atomic E-state index is 11.4. The molecule has 3 aliphatic rings. The lowest BCUT2D eigenvalue weighted by molar-refractivity contribution is 0.0997. The van der Waals surface area contributed by atoms with E-state index in [9.17, 15) is 9.90 Å². The van der Waals surface area contributed by atoms with Crippen LogP contribution in [0.15, 0.2) is 28.6 Å². The maximum Gasteiger partial charge on any atom is 0.252 e. The van der Waals surface area contributed by atoms with Crippen LogP contribution in [0.5, 0.6) is 5.75 Å². The van der Waals surface area contributed by atoms with Crippen LogP contribution in [0.2, 0.25) is 0 Å². The highest BCUT2D eigenvalue weighted by molar-refractivity contribution is 8.16. The van der Waals surface area contributed by atoms with E-state index in [-0.39, 0.29) is 11.3 Å². The highest BCUT2D eigenvalue weighted by Crippen LogP contribution is 2.44. The van der Waals surface area contributed by atoms with E-state index >= 15 is 0 Å². The molecule has 1 fully saturated rings. The zero-order valence-corrected chi connectivity index (χ0v) is 12.8. The number of amides is 1. The monoisotopic (exact) mass is 315 g/mol. The summed E-state index contributed by atoms with van der Waals surface area (Å²) in [5.74, 6) is -0.690. The third-order valence-electron chi connectivity index (χ3n) is 4.60. The Kier molecular flexibility index (Phi) is 3.14. The summed E-state index contributed by atoms with van der Waals surface area (Å²) in [5, 5.41) is 12.9. The van der Waals surface area contributed by atoms with Gasteiger partial charge in [0.2, 0.25) is 0 Å². The Balaban J connectivity index is 1.70. The number of hydrogen-bond donors (Lipinski definition) is 2. The molecule has 0 spiro atoms. The normalized spacial score (nSPS) is 26.3. The standard InChI is InChI=1S/C16H17N3O2S/c17-15(21)10-7-9(5-6-14(10)20)13-8-22-16-18-11-3-1-2-4-12(11)19(13)16/h5-8,11-12,20H,1-4H2,(H2,17,21)/t11-,12-/m0/s1. The average Bonchev–Trinajstić information content (AvgIpc) is 3.06. The van der Waals surface area contributed by atoms with Crippen LogP contribution in [0.1, 0.15) is 41.6 Å². The number of amidine groups is 1. The third kappa shape index (κ3) is 2.01. The van der Waals surface area contributed by atoms with Gasteiger partial charge in [-0.3, -0.25) is 9.79 Å². The summed E-state index contributed by atoms with van der Waals surface area (Å²) in [6, 6.07) is 5.85. The van der Waals surface area contributed by atoms with Gasteiger partial charge in [-0.05, 0) is 36.6 Å². The van der Waals surface area contributed by atoms with Crippen molar-refractivity contribution in [2.24, 2.45) is 10.7 Å². The topological polar surface area (TPSA) is 78.9 Å². The number of carbonyl (C=O) groups is 1. The number of rotatable bonds is 2. The second-order valence-electron chi connectivity index (χ2n) is 5.92. The van der Waals surface area contributed by atoms with Crippen LogP contribution in [0.25, 0.3) is 5.70 Å². The lowest BCUT2D eigenvalue weighted by Gasteiger charge is -2.32. The first-order valence-corrected chi connectivity index (χ1v) is 8.40. The van der Waals surface area contributed by atoms with E-state index in [1.807, 2.05) is 6.07 Å². The van der Waals surface area contributed by atoms with Gasteiger partial charge in [-0.2, -0.15) is 0 Å². The van der Waals surface area contributed by atoms with E-state index < -0.39 is 5.91 Å². The lowest BCUT2D eigenvalue weighted by atomic mass is 9.90. The summed E-state index contributed by atoms with van der Waals surface area (Å²) in [5.41, 5.74) is 7.45. The van der Waals surface area contributed by atoms with Crippen molar-refractivity contribution < 1.29 is 9.90 Å². The van der Waals surface area contributed by atoms with Gasteiger partial charge < -0.3 is 15.7 Å². The van der Waals surface area contributed by atoms with Crippen molar-refractivity contribution in [2.45, 2.75) is 37.8 Å². The van der Waals surface area contributed by atoms with Crippen LogP contribution in [-0.4, -0.2) is 33.2 Å². The molecule has 0 unspecified atom stereocenters. The first-order valence-electron chi connectivity index (χ1n) is 7.52. The van der Waals surface area contributed by atoms with Gasteiger partial charge in [0.1, 0.15) is 5.75 Å². The minimum atomic E-state index is -0.614. The number of fused-ring (bicyclic) bond motifs is 3. The van der Waals surface area contributed by atoms with Crippen molar-refractivity contribution in [1.29, 1.82) is 0 Å². The van der Waals surface area contributed by atoms with Crippen molar-refractivity contribution in [3.63, 3.8) is 0 Å². The molecule has 0 radical (unpaired) electrons. The molecule has 1 aromatic carbocycles. The largest absolute Gasteiger partial charge is 0.507 e. The highest BCUT2D eigenvalue weighted by Gasteiger charge is 2.42. The summed E-state index contributed by atoms with van der Waals surface area (Å²) in [6.07, 6.45) is 4.79. The number of aliphatic imine (C=N–C) groups is 1. The Bertz CT molecular complexity index is 713. The predicted octanol–water partition coefficient (Wildman–Crippen LogP) is 2.52. The van der Waals surface area contributed by atoms with Crippen LogP contribution >= 0.6 is 11.8 Å². The molecule has 0 bridgehead atoms. The van der Waals surface area contributed by atoms with Gasteiger partial charge in [-0.25, -0.2) is 0 Å². The molecule has 1 amide bonds. The Labute approximate surface area is 132 Å². The zero-order chi connectivity index (χ0) is 15.3. The summed E-state index contributed by atoms with van der Waals surface area (Å²) in [6.45, 7) is 0. The summed E-state index contributed by atoms with van der Waals surface area (Å²) in [4.78, 5) is 18.6. The third-order valence-corrected chi connectivity index (χ3v) is 5.46. The summed E-state index contributed by atoms with van der Waals surface area (Å²) in [7, 11) is 0. The van der Waals surface area contributed by atoms with E-state index in [1.54, 1.807) is 17.8 Å². The fourth-order valence-corrected chi connectivity index (χ4v) is 4.53. The second-order valence-corrected chi connectivity index (χ2v) is 6.75. The molecule has 0 aromatic heterocycles. The smallest absolute Gasteiger partial charge is 0.252 e. The number of nitrogens with two attached hydrogens (primary N) is 1. The van der Waals surface area contributed by atoms with Gasteiger partial charge in [0.05, 0.1) is 23.3 Å². The van der Waals surface area contributed by atoms with Gasteiger partial charge in [0.25, 0.3) is 5.91 Å². The van der Waals surface area contributed by atoms with Gasteiger partial charge in [0, 0.05) is 5.41 Å². The molecular formula is C16H17N3O2S. The first kappa shape index (κ1) is 13.7. The molecule has 2 heterocycles. The first-order chi connectivity index (χ1) is 10.6. The number of benzene rings is 1. The van der Waals surface area contributed by atoms with Crippen molar-refractivity contribution in [3.05, 3.63) is 34.7 Å². The Morgan fingerprint density at radius 2 is 2.18 bits per heavy atom. The van der Waals surface area contributed by atoms with Crippen molar-refractivity contribution >= 4 is 28.5 Å². The van der Waals surface area contributed by atoms with Crippen molar-refractivity contribution in [1.82, 2.24) is 4.90 Å². The molecule has 5 nitrogen and oxygen atoms in total. The number of primary amides is 1. The minimum Gasteiger partial charge on any atom is -0.507 e. The number of thioether (sulfide) groups is 1. The van der Waals surface area contributed by atoms with Crippen LogP contribution in [0.4, 0.5) is 0 Å². The quantitative estimate of drug-likeness (QED) is 0.879. The molecule has 2 aliphatic heterocycles. The number of phenols is 1. The van der Waals surface area contributed by atoms with Gasteiger partial charge in [0.15, 0.2) is 5.17 Å². The number of aromatic hydroxyl groups is 1. The minimum absolute atomic E-state index is 0.0756. The molecule has 4 rings (SSSR count). The Morgan fingerprint density at radius 1 is 1.36 bits per heavy atom. The molecule has 1 aromatic rings. The fourth-order valence-electron chi connectivity index (χ4n) is 3.52. The van der Waals surface area contributed by atoms with E-state index in [0.29, 0.717) is 12.1 Å². The number of carbonyl (C=O) groups excluding carboxylic acids is 1. The van der Waals surface area contributed by atoms with Crippen LogP contribution in [0, 0.1) is 0 Å². The second kappa shape index (κ2) is 5.05. The summed E-state index contributed by atoms with van der Waals surface area (Å²) < 4.78 is 0. The lowest BCUT2D eigenvalue weighted by Crippen LogP contribution is -2.38. The number of hydrogen-bond acceptors (Lipinski definition) is 5. The Hall–Kier alpha value is -1.95. The van der Waals surface area contributed by atoms with Gasteiger partial charge >= 0.3 is 0 Å². The van der Waals surface area contributed by atoms with Gasteiger partial charge in [-0.15, -0.1) is 0 Å². The van der Waals surface area contributed by atoms with Crippen LogP contribution in [-0.2, 0) is 0 Å². The van der Waals surface area contributed by atoms with Crippen LogP contribution in [0.3, 0.4) is 0 Å². The fraction of sp³-hybridized carbons (Fsp3) is 0.375. The van der Waals surface area contributed by atoms with Crippen LogP contribution < -0.4 is 5.73 Å². The maximum absolute atomic E-state index is 11.4. The SMILES string of the molecule is NC(=O)c1cc(C2=CSC3=N[C@H]4CCCC[C@@H]4N23)ccc1O. The molecule has 2 atom stereocenters. The molecule has 1 aliphatic carbocycles.